The zero-order valence-electron chi connectivity index (χ0n) is 14.9. The monoisotopic (exact) mass is 341 g/mol. The predicted octanol–water partition coefficient (Wildman–Crippen LogP) is 0.600. The van der Waals surface area contributed by atoms with Gasteiger partial charge in [-0.05, 0) is 39.1 Å². The van der Waals surface area contributed by atoms with Crippen molar-refractivity contribution in [2.45, 2.75) is 37.8 Å². The van der Waals surface area contributed by atoms with Crippen LogP contribution in [0.2, 0.25) is 0 Å². The summed E-state index contributed by atoms with van der Waals surface area (Å²) in [5.74, 6) is 3.46. The minimum atomic E-state index is 0.178. The number of nitrogens with one attached hydrogen (secondary N) is 2. The van der Waals surface area contributed by atoms with E-state index in [-0.39, 0.29) is 11.4 Å². The van der Waals surface area contributed by atoms with Crippen molar-refractivity contribution in [2.24, 2.45) is 4.99 Å². The van der Waals surface area contributed by atoms with Crippen LogP contribution in [-0.2, 0) is 4.79 Å². The van der Waals surface area contributed by atoms with Gasteiger partial charge in [0.05, 0.1) is 0 Å². The van der Waals surface area contributed by atoms with Crippen LogP contribution < -0.4 is 10.6 Å². The molecule has 0 radical (unpaired) electrons. The highest BCUT2D eigenvalue weighted by atomic mass is 32.2. The Morgan fingerprint density at radius 3 is 2.57 bits per heavy atom. The van der Waals surface area contributed by atoms with E-state index in [1.165, 1.54) is 17.9 Å². The molecule has 0 saturated carbocycles. The zero-order valence-corrected chi connectivity index (χ0v) is 15.7. The largest absolute Gasteiger partial charge is 0.355 e. The first-order valence-corrected chi connectivity index (χ1v) is 9.60. The van der Waals surface area contributed by atoms with Gasteiger partial charge < -0.3 is 20.4 Å². The number of carbonyl (C=O) groups excluding carboxylic acids is 1. The molecule has 0 aromatic rings. The lowest BCUT2D eigenvalue weighted by Crippen LogP contribution is -2.56. The van der Waals surface area contributed by atoms with Crippen molar-refractivity contribution in [1.82, 2.24) is 20.4 Å². The lowest BCUT2D eigenvalue weighted by atomic mass is 9.97. The van der Waals surface area contributed by atoms with E-state index in [1.54, 1.807) is 6.92 Å². The fraction of sp³-hybridized carbons (Fsp3) is 0.875. The van der Waals surface area contributed by atoms with E-state index in [4.69, 9.17) is 0 Å². The van der Waals surface area contributed by atoms with Gasteiger partial charge in [0.2, 0.25) is 5.91 Å². The highest BCUT2D eigenvalue weighted by molar-refractivity contribution is 7.99. The average Bonchev–Trinajstić information content (AvgIpc) is 3.02. The highest BCUT2D eigenvalue weighted by Crippen LogP contribution is 2.31. The first kappa shape index (κ1) is 18.4. The van der Waals surface area contributed by atoms with Crippen LogP contribution in [0.4, 0.5) is 0 Å². The molecule has 132 valence electrons. The minimum Gasteiger partial charge on any atom is -0.355 e. The number of aliphatic imine (C=N–C) groups is 1. The van der Waals surface area contributed by atoms with Gasteiger partial charge in [-0.25, -0.2) is 0 Å². The Bertz CT molecular complexity index is 426. The van der Waals surface area contributed by atoms with Gasteiger partial charge in [-0.2, -0.15) is 11.8 Å². The fourth-order valence-corrected chi connectivity index (χ4v) is 4.77. The van der Waals surface area contributed by atoms with Gasteiger partial charge in [0.15, 0.2) is 5.96 Å². The van der Waals surface area contributed by atoms with Crippen LogP contribution in [-0.4, -0.2) is 85.5 Å². The Morgan fingerprint density at radius 1 is 1.39 bits per heavy atom. The average molecular weight is 342 g/mol. The molecule has 1 atom stereocenters. The third-order valence-corrected chi connectivity index (χ3v) is 6.36. The van der Waals surface area contributed by atoms with Gasteiger partial charge in [-0.3, -0.25) is 9.79 Å². The molecule has 2 N–H and O–H groups in total. The molecule has 1 amide bonds. The summed E-state index contributed by atoms with van der Waals surface area (Å²) in [6, 6.07) is 0.394. The summed E-state index contributed by atoms with van der Waals surface area (Å²) in [4.78, 5) is 20.0. The quantitative estimate of drug-likeness (QED) is 0.579. The number of hydrogen-bond donors (Lipinski definition) is 2. The molecule has 2 saturated heterocycles. The Kier molecular flexibility index (Phi) is 6.59. The van der Waals surface area contributed by atoms with Crippen molar-refractivity contribution in [3.05, 3.63) is 0 Å². The number of hydrogen-bond acceptors (Lipinski definition) is 4. The summed E-state index contributed by atoms with van der Waals surface area (Å²) in [5.41, 5.74) is 0.223. The van der Waals surface area contributed by atoms with Crippen LogP contribution in [0, 0.1) is 0 Å². The summed E-state index contributed by atoms with van der Waals surface area (Å²) < 4.78 is 0. The molecule has 2 aliphatic rings. The maximum Gasteiger partial charge on any atom is 0.219 e. The van der Waals surface area contributed by atoms with E-state index in [0.717, 1.165) is 38.4 Å². The Hall–Kier alpha value is -0.950. The normalized spacial score (nSPS) is 26.7. The SMILES string of the molecule is CN=C(NCC1(N(C)C)CCSC1)NC1CCN(C(C)=O)CC1. The molecule has 0 aliphatic carbocycles. The van der Waals surface area contributed by atoms with Gasteiger partial charge >= 0.3 is 0 Å². The first-order chi connectivity index (χ1) is 11.0. The number of rotatable bonds is 4. The molecule has 0 aromatic carbocycles. The number of amides is 1. The summed E-state index contributed by atoms with van der Waals surface area (Å²) in [7, 11) is 6.16. The lowest BCUT2D eigenvalue weighted by Gasteiger charge is -2.37. The van der Waals surface area contributed by atoms with E-state index in [9.17, 15) is 4.79 Å². The standard InChI is InChI=1S/C16H31N5OS/c1-13(22)21-8-5-14(6-9-21)19-15(17-2)18-11-16(20(3)4)7-10-23-12-16/h14H,5-12H2,1-4H3,(H2,17,18,19). The van der Waals surface area contributed by atoms with E-state index >= 15 is 0 Å². The third-order valence-electron chi connectivity index (χ3n) is 5.12. The molecule has 7 heteroatoms. The summed E-state index contributed by atoms with van der Waals surface area (Å²) >= 11 is 2.03. The van der Waals surface area contributed by atoms with Crippen molar-refractivity contribution >= 4 is 23.6 Å². The minimum absolute atomic E-state index is 0.178. The molecule has 0 spiro atoms. The zero-order chi connectivity index (χ0) is 16.9. The number of nitrogens with zero attached hydrogens (tertiary/aromatic N) is 3. The van der Waals surface area contributed by atoms with E-state index < -0.39 is 0 Å². The van der Waals surface area contributed by atoms with E-state index in [2.05, 4.69) is 34.6 Å². The van der Waals surface area contributed by atoms with Crippen LogP contribution in [0.25, 0.3) is 0 Å². The van der Waals surface area contributed by atoms with Gasteiger partial charge in [0.25, 0.3) is 0 Å². The Balaban J connectivity index is 1.81. The molecule has 2 fully saturated rings. The van der Waals surface area contributed by atoms with E-state index in [0.29, 0.717) is 6.04 Å². The molecule has 1 unspecified atom stereocenters. The van der Waals surface area contributed by atoms with Crippen molar-refractivity contribution in [2.75, 3.05) is 52.3 Å². The van der Waals surface area contributed by atoms with Gasteiger partial charge in [0.1, 0.15) is 0 Å². The van der Waals surface area contributed by atoms with Crippen molar-refractivity contribution in [3.63, 3.8) is 0 Å². The molecular weight excluding hydrogens is 310 g/mol. The maximum absolute atomic E-state index is 11.4. The van der Waals surface area contributed by atoms with Crippen LogP contribution in [0.15, 0.2) is 4.99 Å². The number of likely N-dealkylation sites (N-methyl/N-ethyl adjacent to an activating group) is 1. The van der Waals surface area contributed by atoms with Crippen LogP contribution in [0.3, 0.4) is 0 Å². The topological polar surface area (TPSA) is 60.0 Å². The van der Waals surface area contributed by atoms with Crippen molar-refractivity contribution in [3.8, 4) is 0 Å². The molecule has 23 heavy (non-hydrogen) atoms. The van der Waals surface area contributed by atoms with Crippen molar-refractivity contribution < 1.29 is 4.79 Å². The number of piperidine rings is 1. The lowest BCUT2D eigenvalue weighted by molar-refractivity contribution is -0.129. The predicted molar refractivity (Wildman–Crippen MR) is 98.1 cm³/mol. The van der Waals surface area contributed by atoms with Gasteiger partial charge in [-0.1, -0.05) is 0 Å². The second kappa shape index (κ2) is 8.24. The summed E-state index contributed by atoms with van der Waals surface area (Å²) in [6.07, 6.45) is 3.18. The molecule has 2 aliphatic heterocycles. The van der Waals surface area contributed by atoms with Crippen molar-refractivity contribution in [1.29, 1.82) is 0 Å². The second-order valence-electron chi connectivity index (χ2n) is 6.77. The summed E-state index contributed by atoms with van der Waals surface area (Å²) in [6.45, 7) is 4.23. The van der Waals surface area contributed by atoms with Gasteiger partial charge in [-0.15, -0.1) is 0 Å². The first-order valence-electron chi connectivity index (χ1n) is 8.45. The van der Waals surface area contributed by atoms with E-state index in [1.807, 2.05) is 23.7 Å². The molecular formula is C16H31N5OS. The number of thioether (sulfide) groups is 1. The van der Waals surface area contributed by atoms with Crippen LogP contribution in [0.1, 0.15) is 26.2 Å². The summed E-state index contributed by atoms with van der Waals surface area (Å²) in [5, 5.41) is 7.04. The molecule has 6 nitrogen and oxygen atoms in total. The number of guanidine groups is 1. The van der Waals surface area contributed by atoms with Crippen LogP contribution >= 0.6 is 11.8 Å². The Morgan fingerprint density at radius 2 is 2.09 bits per heavy atom. The number of carbonyl (C=O) groups is 1. The second-order valence-corrected chi connectivity index (χ2v) is 7.88. The molecule has 0 aromatic heterocycles. The fourth-order valence-electron chi connectivity index (χ4n) is 3.22. The maximum atomic E-state index is 11.4. The highest BCUT2D eigenvalue weighted by Gasteiger charge is 2.36. The van der Waals surface area contributed by atoms with Crippen LogP contribution in [0.5, 0.6) is 0 Å². The number of likely N-dealkylation sites (tertiary alicyclic amines) is 1. The van der Waals surface area contributed by atoms with Gasteiger partial charge in [0, 0.05) is 50.9 Å². The smallest absolute Gasteiger partial charge is 0.219 e. The molecule has 0 bridgehead atoms. The Labute approximate surface area is 144 Å². The molecule has 2 heterocycles. The third kappa shape index (κ3) is 4.76. The molecule has 2 rings (SSSR count).